The van der Waals surface area contributed by atoms with Crippen molar-refractivity contribution in [3.8, 4) is 0 Å². The molecule has 126 valence electrons. The number of likely N-dealkylation sites (N-methyl/N-ethyl adjacent to an activating group) is 1. The smallest absolute Gasteiger partial charge is 0.234 e. The summed E-state index contributed by atoms with van der Waals surface area (Å²) in [5.74, 6) is 0.0818. The fraction of sp³-hybridized carbons (Fsp3) is 0.550. The van der Waals surface area contributed by atoms with Crippen molar-refractivity contribution in [2.75, 3.05) is 19.6 Å². The number of benzene rings is 1. The summed E-state index contributed by atoms with van der Waals surface area (Å²) in [6, 6.07) is 6.75. The van der Waals surface area contributed by atoms with Crippen molar-refractivity contribution in [1.29, 1.82) is 0 Å². The van der Waals surface area contributed by atoms with Gasteiger partial charge in [-0.2, -0.15) is 0 Å². The summed E-state index contributed by atoms with van der Waals surface area (Å²) in [7, 11) is 0. The second-order valence-electron chi connectivity index (χ2n) is 6.78. The van der Waals surface area contributed by atoms with E-state index in [9.17, 15) is 4.79 Å². The number of nitrogens with zero attached hydrogens (tertiary/aromatic N) is 1. The molecule has 1 aromatic rings. The molecule has 1 aliphatic rings. The Hall–Kier alpha value is -1.61. The van der Waals surface area contributed by atoms with Crippen LogP contribution in [0.5, 0.6) is 0 Å². The van der Waals surface area contributed by atoms with Gasteiger partial charge >= 0.3 is 0 Å². The zero-order valence-corrected chi connectivity index (χ0v) is 14.8. The third-order valence-electron chi connectivity index (χ3n) is 4.56. The highest BCUT2D eigenvalue weighted by molar-refractivity contribution is 5.78. The minimum atomic E-state index is 0.0539. The summed E-state index contributed by atoms with van der Waals surface area (Å²) in [5.41, 5.74) is 5.24. The summed E-state index contributed by atoms with van der Waals surface area (Å²) in [6.45, 7) is 12.1. The summed E-state index contributed by atoms with van der Waals surface area (Å²) >= 11 is 0. The number of nitrogens with one attached hydrogen (secondary N) is 1. The van der Waals surface area contributed by atoms with Gasteiger partial charge in [0.2, 0.25) is 5.91 Å². The number of aryl methyl sites for hydroxylation is 2. The lowest BCUT2D eigenvalue weighted by molar-refractivity contribution is -0.122. The van der Waals surface area contributed by atoms with Crippen molar-refractivity contribution >= 4 is 5.91 Å². The van der Waals surface area contributed by atoms with Crippen LogP contribution < -0.4 is 5.32 Å². The van der Waals surface area contributed by atoms with Crippen molar-refractivity contribution in [2.45, 2.75) is 52.5 Å². The summed E-state index contributed by atoms with van der Waals surface area (Å²) in [4.78, 5) is 14.4. The maximum absolute atomic E-state index is 12.3. The standard InChI is InChI=1S/C20H30N2O/c1-5-22(13-15(2)3)14-20(23)21-16(4)18-11-10-17-8-6-7-9-19(17)12-18/h10-12,16H,2,5-9,13-14H2,1,3-4H3,(H,21,23). The molecule has 1 unspecified atom stereocenters. The van der Waals surface area contributed by atoms with Gasteiger partial charge in [-0.3, -0.25) is 9.69 Å². The van der Waals surface area contributed by atoms with Crippen molar-refractivity contribution < 1.29 is 4.79 Å². The Kier molecular flexibility index (Phi) is 6.40. The fourth-order valence-electron chi connectivity index (χ4n) is 3.26. The predicted molar refractivity (Wildman–Crippen MR) is 96.6 cm³/mol. The van der Waals surface area contributed by atoms with Crippen LogP contribution in [-0.4, -0.2) is 30.4 Å². The summed E-state index contributed by atoms with van der Waals surface area (Å²) in [5, 5.41) is 3.13. The number of rotatable bonds is 7. The van der Waals surface area contributed by atoms with E-state index in [4.69, 9.17) is 0 Å². The largest absolute Gasteiger partial charge is 0.348 e. The lowest BCUT2D eigenvalue weighted by Gasteiger charge is -2.23. The van der Waals surface area contributed by atoms with Crippen LogP contribution in [0.3, 0.4) is 0 Å². The normalized spacial score (nSPS) is 15.1. The molecule has 0 saturated carbocycles. The maximum atomic E-state index is 12.3. The number of hydrogen-bond acceptors (Lipinski definition) is 2. The highest BCUT2D eigenvalue weighted by atomic mass is 16.2. The Morgan fingerprint density at radius 2 is 1.96 bits per heavy atom. The van der Waals surface area contributed by atoms with Crippen LogP contribution in [0.1, 0.15) is 56.3 Å². The highest BCUT2D eigenvalue weighted by Crippen LogP contribution is 2.24. The van der Waals surface area contributed by atoms with E-state index < -0.39 is 0 Å². The second kappa shape index (κ2) is 8.30. The molecule has 1 N–H and O–H groups in total. The average molecular weight is 314 g/mol. The Labute approximate surface area is 140 Å². The average Bonchev–Trinajstić information content (AvgIpc) is 2.53. The van der Waals surface area contributed by atoms with E-state index in [1.807, 2.05) is 6.92 Å². The van der Waals surface area contributed by atoms with Crippen molar-refractivity contribution in [3.05, 3.63) is 47.0 Å². The van der Waals surface area contributed by atoms with Gasteiger partial charge in [-0.1, -0.05) is 37.3 Å². The van der Waals surface area contributed by atoms with Gasteiger partial charge in [-0.15, -0.1) is 0 Å². The zero-order chi connectivity index (χ0) is 16.8. The molecule has 23 heavy (non-hydrogen) atoms. The second-order valence-corrected chi connectivity index (χ2v) is 6.78. The molecule has 1 aliphatic carbocycles. The molecule has 0 bridgehead atoms. The van der Waals surface area contributed by atoms with Gasteiger partial charge in [0.15, 0.2) is 0 Å². The van der Waals surface area contributed by atoms with Gasteiger partial charge in [0.1, 0.15) is 0 Å². The van der Waals surface area contributed by atoms with Gasteiger partial charge in [-0.25, -0.2) is 0 Å². The Bertz CT molecular complexity index is 565. The number of amides is 1. The molecule has 2 rings (SSSR count). The molecule has 0 aromatic heterocycles. The molecule has 0 fully saturated rings. The monoisotopic (exact) mass is 314 g/mol. The number of carbonyl (C=O) groups excluding carboxylic acids is 1. The zero-order valence-electron chi connectivity index (χ0n) is 14.8. The van der Waals surface area contributed by atoms with Crippen molar-refractivity contribution in [1.82, 2.24) is 10.2 Å². The molecule has 3 heteroatoms. The highest BCUT2D eigenvalue weighted by Gasteiger charge is 2.15. The van der Waals surface area contributed by atoms with E-state index in [1.54, 1.807) is 0 Å². The molecular weight excluding hydrogens is 284 g/mol. The number of fused-ring (bicyclic) bond motifs is 1. The molecule has 1 aromatic carbocycles. The predicted octanol–water partition coefficient (Wildman–Crippen LogP) is 3.64. The molecular formula is C20H30N2O. The topological polar surface area (TPSA) is 32.3 Å². The SMILES string of the molecule is C=C(C)CN(CC)CC(=O)NC(C)c1ccc2c(c1)CCCC2. The minimum Gasteiger partial charge on any atom is -0.348 e. The van der Waals surface area contributed by atoms with E-state index in [1.165, 1.54) is 42.4 Å². The first kappa shape index (κ1) is 17.7. The third kappa shape index (κ3) is 5.21. The van der Waals surface area contributed by atoms with Gasteiger partial charge in [0.25, 0.3) is 0 Å². The van der Waals surface area contributed by atoms with E-state index in [2.05, 4.69) is 48.8 Å². The Balaban J connectivity index is 1.94. The van der Waals surface area contributed by atoms with E-state index in [-0.39, 0.29) is 11.9 Å². The van der Waals surface area contributed by atoms with Gasteiger partial charge < -0.3 is 5.32 Å². The quantitative estimate of drug-likeness (QED) is 0.779. The van der Waals surface area contributed by atoms with Crippen LogP contribution in [-0.2, 0) is 17.6 Å². The molecule has 0 radical (unpaired) electrons. The van der Waals surface area contributed by atoms with Gasteiger partial charge in [-0.05, 0) is 62.8 Å². The maximum Gasteiger partial charge on any atom is 0.234 e. The van der Waals surface area contributed by atoms with Gasteiger partial charge in [0, 0.05) is 6.54 Å². The lowest BCUT2D eigenvalue weighted by atomic mass is 9.89. The molecule has 1 atom stereocenters. The van der Waals surface area contributed by atoms with Crippen molar-refractivity contribution in [2.24, 2.45) is 0 Å². The summed E-state index contributed by atoms with van der Waals surface area (Å²) < 4.78 is 0. The van der Waals surface area contributed by atoms with Crippen LogP contribution in [0.25, 0.3) is 0 Å². The van der Waals surface area contributed by atoms with E-state index >= 15 is 0 Å². The molecule has 0 heterocycles. The molecule has 1 amide bonds. The van der Waals surface area contributed by atoms with Crippen LogP contribution in [0.2, 0.25) is 0 Å². The van der Waals surface area contributed by atoms with Gasteiger partial charge in [0.05, 0.1) is 12.6 Å². The van der Waals surface area contributed by atoms with E-state index in [0.717, 1.165) is 18.7 Å². The number of carbonyl (C=O) groups is 1. The first-order chi connectivity index (χ1) is 11.0. The Morgan fingerprint density at radius 1 is 1.26 bits per heavy atom. The first-order valence-corrected chi connectivity index (χ1v) is 8.77. The molecule has 3 nitrogen and oxygen atoms in total. The third-order valence-corrected chi connectivity index (χ3v) is 4.56. The lowest BCUT2D eigenvalue weighted by Crippen LogP contribution is -2.38. The van der Waals surface area contributed by atoms with E-state index in [0.29, 0.717) is 6.54 Å². The summed E-state index contributed by atoms with van der Waals surface area (Å²) in [6.07, 6.45) is 4.95. The van der Waals surface area contributed by atoms with Crippen molar-refractivity contribution in [3.63, 3.8) is 0 Å². The van der Waals surface area contributed by atoms with Crippen LogP contribution >= 0.6 is 0 Å². The Morgan fingerprint density at radius 3 is 2.61 bits per heavy atom. The molecule has 0 saturated heterocycles. The minimum absolute atomic E-state index is 0.0539. The van der Waals surface area contributed by atoms with Crippen LogP contribution in [0.15, 0.2) is 30.4 Å². The molecule has 0 aliphatic heterocycles. The molecule has 0 spiro atoms. The van der Waals surface area contributed by atoms with Crippen LogP contribution in [0.4, 0.5) is 0 Å². The van der Waals surface area contributed by atoms with Crippen LogP contribution in [0, 0.1) is 0 Å². The first-order valence-electron chi connectivity index (χ1n) is 8.77. The number of hydrogen-bond donors (Lipinski definition) is 1. The fourth-order valence-corrected chi connectivity index (χ4v) is 3.26.